The minimum absolute atomic E-state index is 0.431. The van der Waals surface area contributed by atoms with Crippen LogP contribution in [0.4, 0.5) is 4.79 Å². The third-order valence-corrected chi connectivity index (χ3v) is 2.30. The first-order valence-corrected chi connectivity index (χ1v) is 5.02. The standard InChI is InChI=1S/C9H19N3O2/c1-8(6-11-9(10)13)7-12-2-4-14-5-3-12/h8H,2-7H2,1H3,(H3,10,11,13). The Morgan fingerprint density at radius 2 is 2.21 bits per heavy atom. The fourth-order valence-corrected chi connectivity index (χ4v) is 1.56. The van der Waals surface area contributed by atoms with Crippen LogP contribution in [-0.2, 0) is 4.74 Å². The molecule has 1 atom stereocenters. The SMILES string of the molecule is CC(CNC(N)=O)CN1CCOCC1. The van der Waals surface area contributed by atoms with E-state index in [1.807, 2.05) is 0 Å². The van der Waals surface area contributed by atoms with Crippen LogP contribution in [0.5, 0.6) is 0 Å². The summed E-state index contributed by atoms with van der Waals surface area (Å²) in [6.45, 7) is 7.34. The number of nitrogens with zero attached hydrogens (tertiary/aromatic N) is 1. The van der Waals surface area contributed by atoms with Crippen LogP contribution >= 0.6 is 0 Å². The van der Waals surface area contributed by atoms with E-state index in [2.05, 4.69) is 17.1 Å². The van der Waals surface area contributed by atoms with E-state index in [4.69, 9.17) is 10.5 Å². The van der Waals surface area contributed by atoms with E-state index >= 15 is 0 Å². The Balaban J connectivity index is 2.11. The van der Waals surface area contributed by atoms with Gasteiger partial charge in [-0.3, -0.25) is 4.90 Å². The Labute approximate surface area is 84.6 Å². The van der Waals surface area contributed by atoms with Crippen molar-refractivity contribution in [2.75, 3.05) is 39.4 Å². The third-order valence-electron chi connectivity index (χ3n) is 2.30. The van der Waals surface area contributed by atoms with Crippen LogP contribution in [-0.4, -0.2) is 50.3 Å². The molecule has 0 saturated carbocycles. The molecule has 0 spiro atoms. The number of ether oxygens (including phenoxy) is 1. The van der Waals surface area contributed by atoms with E-state index < -0.39 is 6.03 Å². The summed E-state index contributed by atoms with van der Waals surface area (Å²) >= 11 is 0. The molecule has 3 N–H and O–H groups in total. The maximum atomic E-state index is 10.5. The minimum Gasteiger partial charge on any atom is -0.379 e. The molecule has 1 rings (SSSR count). The molecular weight excluding hydrogens is 182 g/mol. The van der Waals surface area contributed by atoms with Gasteiger partial charge >= 0.3 is 6.03 Å². The predicted molar refractivity (Wildman–Crippen MR) is 54.0 cm³/mol. The molecule has 0 aromatic carbocycles. The van der Waals surface area contributed by atoms with Crippen molar-refractivity contribution in [3.8, 4) is 0 Å². The lowest BCUT2D eigenvalue weighted by Gasteiger charge is -2.29. The molecular formula is C9H19N3O2. The Hall–Kier alpha value is -0.810. The Morgan fingerprint density at radius 3 is 2.79 bits per heavy atom. The molecule has 0 radical (unpaired) electrons. The monoisotopic (exact) mass is 201 g/mol. The summed E-state index contributed by atoms with van der Waals surface area (Å²) in [5.74, 6) is 0.431. The first-order chi connectivity index (χ1) is 6.68. The molecule has 5 heteroatoms. The van der Waals surface area contributed by atoms with Crippen LogP contribution < -0.4 is 11.1 Å². The summed E-state index contributed by atoms with van der Waals surface area (Å²) in [6.07, 6.45) is 0. The summed E-state index contributed by atoms with van der Waals surface area (Å²) in [4.78, 5) is 12.8. The summed E-state index contributed by atoms with van der Waals surface area (Å²) in [5, 5.41) is 2.62. The fourth-order valence-electron chi connectivity index (χ4n) is 1.56. The number of rotatable bonds is 4. The fraction of sp³-hybridized carbons (Fsp3) is 0.889. The first-order valence-electron chi connectivity index (χ1n) is 5.02. The van der Waals surface area contributed by atoms with Crippen molar-refractivity contribution in [1.29, 1.82) is 0 Å². The number of urea groups is 1. The lowest BCUT2D eigenvalue weighted by Crippen LogP contribution is -2.42. The lowest BCUT2D eigenvalue weighted by atomic mass is 10.1. The van der Waals surface area contributed by atoms with Crippen molar-refractivity contribution >= 4 is 6.03 Å². The maximum Gasteiger partial charge on any atom is 0.312 e. The van der Waals surface area contributed by atoms with E-state index in [-0.39, 0.29) is 0 Å². The van der Waals surface area contributed by atoms with Crippen molar-refractivity contribution in [2.24, 2.45) is 11.7 Å². The zero-order chi connectivity index (χ0) is 10.4. The molecule has 0 aromatic heterocycles. The molecule has 0 bridgehead atoms. The van der Waals surface area contributed by atoms with Crippen LogP contribution in [0.3, 0.4) is 0 Å². The van der Waals surface area contributed by atoms with Crippen LogP contribution in [0, 0.1) is 5.92 Å². The zero-order valence-corrected chi connectivity index (χ0v) is 8.66. The number of hydrogen-bond acceptors (Lipinski definition) is 3. The summed E-state index contributed by atoms with van der Waals surface area (Å²) in [6, 6.07) is -0.446. The number of carbonyl (C=O) groups excluding carboxylic acids is 1. The van der Waals surface area contributed by atoms with E-state index in [0.717, 1.165) is 32.8 Å². The number of carbonyl (C=O) groups is 1. The minimum atomic E-state index is -0.446. The number of hydrogen-bond donors (Lipinski definition) is 2. The van der Waals surface area contributed by atoms with Gasteiger partial charge in [-0.1, -0.05) is 6.92 Å². The van der Waals surface area contributed by atoms with Gasteiger partial charge < -0.3 is 15.8 Å². The second-order valence-corrected chi connectivity index (χ2v) is 3.76. The molecule has 2 amide bonds. The Bertz CT molecular complexity index is 181. The molecule has 1 aliphatic rings. The van der Waals surface area contributed by atoms with Gasteiger partial charge in [-0.25, -0.2) is 4.79 Å². The number of morpholine rings is 1. The van der Waals surface area contributed by atoms with E-state index in [0.29, 0.717) is 12.5 Å². The van der Waals surface area contributed by atoms with E-state index in [9.17, 15) is 4.79 Å². The summed E-state index contributed by atoms with van der Waals surface area (Å²) in [7, 11) is 0. The molecule has 1 aliphatic heterocycles. The van der Waals surface area contributed by atoms with Crippen molar-refractivity contribution < 1.29 is 9.53 Å². The summed E-state index contributed by atoms with van der Waals surface area (Å²) in [5.41, 5.74) is 4.99. The van der Waals surface area contributed by atoms with Crippen LogP contribution in [0.15, 0.2) is 0 Å². The smallest absolute Gasteiger partial charge is 0.312 e. The second-order valence-electron chi connectivity index (χ2n) is 3.76. The molecule has 1 fully saturated rings. The van der Waals surface area contributed by atoms with Gasteiger partial charge in [0.2, 0.25) is 0 Å². The van der Waals surface area contributed by atoms with Crippen LogP contribution in [0.25, 0.3) is 0 Å². The topological polar surface area (TPSA) is 67.6 Å². The lowest BCUT2D eigenvalue weighted by molar-refractivity contribution is 0.0319. The van der Waals surface area contributed by atoms with Gasteiger partial charge in [-0.2, -0.15) is 0 Å². The van der Waals surface area contributed by atoms with Gasteiger partial charge in [-0.05, 0) is 5.92 Å². The maximum absolute atomic E-state index is 10.5. The molecule has 1 heterocycles. The highest BCUT2D eigenvalue weighted by molar-refractivity contribution is 5.71. The quantitative estimate of drug-likeness (QED) is 0.651. The van der Waals surface area contributed by atoms with Gasteiger partial charge in [0.15, 0.2) is 0 Å². The predicted octanol–water partition coefficient (Wildman–Crippen LogP) is -0.377. The highest BCUT2D eigenvalue weighted by Gasteiger charge is 2.13. The normalized spacial score (nSPS) is 20.4. The van der Waals surface area contributed by atoms with Crippen molar-refractivity contribution in [3.05, 3.63) is 0 Å². The van der Waals surface area contributed by atoms with Gasteiger partial charge in [0.25, 0.3) is 0 Å². The van der Waals surface area contributed by atoms with Crippen molar-refractivity contribution in [2.45, 2.75) is 6.92 Å². The van der Waals surface area contributed by atoms with E-state index in [1.54, 1.807) is 0 Å². The molecule has 0 aromatic rings. The number of nitrogens with two attached hydrogens (primary N) is 1. The molecule has 14 heavy (non-hydrogen) atoms. The van der Waals surface area contributed by atoms with Crippen molar-refractivity contribution in [3.63, 3.8) is 0 Å². The van der Waals surface area contributed by atoms with Gasteiger partial charge in [0.1, 0.15) is 0 Å². The van der Waals surface area contributed by atoms with Crippen LogP contribution in [0.1, 0.15) is 6.92 Å². The molecule has 1 unspecified atom stereocenters. The highest BCUT2D eigenvalue weighted by atomic mass is 16.5. The average Bonchev–Trinajstić information content (AvgIpc) is 2.16. The summed E-state index contributed by atoms with van der Waals surface area (Å²) < 4.78 is 5.25. The highest BCUT2D eigenvalue weighted by Crippen LogP contribution is 2.02. The molecule has 1 saturated heterocycles. The third kappa shape index (κ3) is 4.43. The zero-order valence-electron chi connectivity index (χ0n) is 8.66. The van der Waals surface area contributed by atoms with E-state index in [1.165, 1.54) is 0 Å². The first kappa shape index (κ1) is 11.3. The largest absolute Gasteiger partial charge is 0.379 e. The number of primary amides is 1. The average molecular weight is 201 g/mol. The Morgan fingerprint density at radius 1 is 1.57 bits per heavy atom. The second kappa shape index (κ2) is 5.82. The number of nitrogens with one attached hydrogen (secondary N) is 1. The van der Waals surface area contributed by atoms with Gasteiger partial charge in [0, 0.05) is 26.2 Å². The molecule has 5 nitrogen and oxygen atoms in total. The van der Waals surface area contributed by atoms with Crippen LogP contribution in [0.2, 0.25) is 0 Å². The van der Waals surface area contributed by atoms with Crippen molar-refractivity contribution in [1.82, 2.24) is 10.2 Å². The number of amides is 2. The van der Waals surface area contributed by atoms with Gasteiger partial charge in [-0.15, -0.1) is 0 Å². The molecule has 82 valence electrons. The Kier molecular flexibility index (Phi) is 4.69. The molecule has 0 aliphatic carbocycles. The van der Waals surface area contributed by atoms with Gasteiger partial charge in [0.05, 0.1) is 13.2 Å².